The molecule has 0 unspecified atom stereocenters. The molecule has 106 valence electrons. The van der Waals surface area contributed by atoms with E-state index in [0.29, 0.717) is 5.82 Å². The van der Waals surface area contributed by atoms with Crippen LogP contribution in [-0.2, 0) is 0 Å². The molecule has 2 aromatic rings. The lowest BCUT2D eigenvalue weighted by atomic mass is 10.2. The van der Waals surface area contributed by atoms with Gasteiger partial charge in [0.05, 0.1) is 19.9 Å². The molecule has 0 atom stereocenters. The summed E-state index contributed by atoms with van der Waals surface area (Å²) in [5, 5.41) is 3.21. The Bertz CT molecular complexity index is 587. The van der Waals surface area contributed by atoms with Crippen molar-refractivity contribution < 1.29 is 9.47 Å². The van der Waals surface area contributed by atoms with Gasteiger partial charge in [-0.25, -0.2) is 9.97 Å². The van der Waals surface area contributed by atoms with E-state index >= 15 is 0 Å². The zero-order valence-electron chi connectivity index (χ0n) is 12.0. The molecule has 0 fully saturated rings. The van der Waals surface area contributed by atoms with Gasteiger partial charge in [0.1, 0.15) is 29.5 Å². The van der Waals surface area contributed by atoms with Crippen LogP contribution in [0.4, 0.5) is 17.3 Å². The summed E-state index contributed by atoms with van der Waals surface area (Å²) in [6.45, 7) is 0. The van der Waals surface area contributed by atoms with Gasteiger partial charge in [0.2, 0.25) is 0 Å². The van der Waals surface area contributed by atoms with E-state index in [4.69, 9.17) is 9.47 Å². The maximum atomic E-state index is 5.32. The molecular weight excluding hydrogens is 256 g/mol. The fraction of sp³-hybridized carbons (Fsp3) is 0.286. The van der Waals surface area contributed by atoms with E-state index in [2.05, 4.69) is 15.3 Å². The first-order valence-electron chi connectivity index (χ1n) is 6.12. The van der Waals surface area contributed by atoms with E-state index in [0.717, 1.165) is 23.0 Å². The fourth-order valence-corrected chi connectivity index (χ4v) is 1.71. The SMILES string of the molecule is COc1ccc(OC)c(Nc2cc(N(C)C)ncn2)c1. The number of nitrogens with one attached hydrogen (secondary N) is 1. The standard InChI is InChI=1S/C14H18N4O2/c1-18(2)14-8-13(15-9-16-14)17-11-7-10(19-3)5-6-12(11)20-4/h5-9H,1-4H3,(H,15,16,17). The average molecular weight is 274 g/mol. The molecule has 0 radical (unpaired) electrons. The number of aromatic nitrogens is 2. The normalized spacial score (nSPS) is 10.0. The number of hydrogen-bond donors (Lipinski definition) is 1. The maximum absolute atomic E-state index is 5.32. The van der Waals surface area contributed by atoms with Gasteiger partial charge in [0, 0.05) is 26.2 Å². The van der Waals surface area contributed by atoms with E-state index in [9.17, 15) is 0 Å². The van der Waals surface area contributed by atoms with Crippen LogP contribution in [0.2, 0.25) is 0 Å². The first-order chi connectivity index (χ1) is 9.63. The van der Waals surface area contributed by atoms with Crippen molar-refractivity contribution >= 4 is 17.3 Å². The molecule has 0 aliphatic carbocycles. The largest absolute Gasteiger partial charge is 0.497 e. The number of ether oxygens (including phenoxy) is 2. The van der Waals surface area contributed by atoms with Gasteiger partial charge in [0.15, 0.2) is 0 Å². The van der Waals surface area contributed by atoms with Gasteiger partial charge in [0.25, 0.3) is 0 Å². The highest BCUT2D eigenvalue weighted by Gasteiger charge is 2.07. The van der Waals surface area contributed by atoms with E-state index in [1.54, 1.807) is 14.2 Å². The molecule has 20 heavy (non-hydrogen) atoms. The van der Waals surface area contributed by atoms with Crippen molar-refractivity contribution in [2.24, 2.45) is 0 Å². The van der Waals surface area contributed by atoms with E-state index in [1.165, 1.54) is 6.33 Å². The predicted molar refractivity (Wildman–Crippen MR) is 79.2 cm³/mol. The van der Waals surface area contributed by atoms with Crippen LogP contribution in [0.15, 0.2) is 30.6 Å². The van der Waals surface area contributed by atoms with Crippen molar-refractivity contribution in [3.05, 3.63) is 30.6 Å². The molecule has 0 bridgehead atoms. The molecule has 1 heterocycles. The van der Waals surface area contributed by atoms with E-state index < -0.39 is 0 Å². The number of anilines is 3. The predicted octanol–water partition coefficient (Wildman–Crippen LogP) is 2.30. The minimum atomic E-state index is 0.690. The van der Waals surface area contributed by atoms with Gasteiger partial charge in [-0.1, -0.05) is 0 Å². The van der Waals surface area contributed by atoms with E-state index in [1.807, 2.05) is 43.3 Å². The van der Waals surface area contributed by atoms with Crippen molar-refractivity contribution in [3.63, 3.8) is 0 Å². The number of methoxy groups -OCH3 is 2. The Morgan fingerprint density at radius 1 is 1.05 bits per heavy atom. The summed E-state index contributed by atoms with van der Waals surface area (Å²) < 4.78 is 10.5. The van der Waals surface area contributed by atoms with Crippen LogP contribution in [0, 0.1) is 0 Å². The van der Waals surface area contributed by atoms with Crippen molar-refractivity contribution in [1.82, 2.24) is 9.97 Å². The number of hydrogen-bond acceptors (Lipinski definition) is 6. The number of rotatable bonds is 5. The highest BCUT2D eigenvalue weighted by molar-refractivity contribution is 5.67. The zero-order chi connectivity index (χ0) is 14.5. The molecule has 0 spiro atoms. The van der Waals surface area contributed by atoms with Crippen molar-refractivity contribution in [2.45, 2.75) is 0 Å². The summed E-state index contributed by atoms with van der Waals surface area (Å²) in [6, 6.07) is 7.40. The van der Waals surface area contributed by atoms with Crippen molar-refractivity contribution in [3.8, 4) is 11.5 Å². The Kier molecular flexibility index (Phi) is 4.24. The zero-order valence-corrected chi connectivity index (χ0v) is 12.0. The quantitative estimate of drug-likeness (QED) is 0.902. The molecule has 1 aromatic heterocycles. The lowest BCUT2D eigenvalue weighted by Crippen LogP contribution is -2.11. The van der Waals surface area contributed by atoms with Gasteiger partial charge in [-0.3, -0.25) is 0 Å². The van der Waals surface area contributed by atoms with Gasteiger partial charge in [-0.2, -0.15) is 0 Å². The molecule has 0 saturated carbocycles. The summed E-state index contributed by atoms with van der Waals surface area (Å²) in [4.78, 5) is 10.3. The Balaban J connectivity index is 2.31. The second-order valence-electron chi connectivity index (χ2n) is 4.35. The highest BCUT2D eigenvalue weighted by Crippen LogP contribution is 2.31. The molecule has 0 amide bonds. The Morgan fingerprint density at radius 2 is 1.85 bits per heavy atom. The third kappa shape index (κ3) is 3.09. The lowest BCUT2D eigenvalue weighted by Gasteiger charge is -2.14. The third-order valence-corrected chi connectivity index (χ3v) is 2.78. The molecule has 2 rings (SSSR count). The molecular formula is C14H18N4O2. The molecule has 6 nitrogen and oxygen atoms in total. The van der Waals surface area contributed by atoms with Crippen LogP contribution in [0.3, 0.4) is 0 Å². The summed E-state index contributed by atoms with van der Waals surface area (Å²) in [6.07, 6.45) is 1.52. The van der Waals surface area contributed by atoms with Gasteiger partial charge < -0.3 is 19.7 Å². The topological polar surface area (TPSA) is 59.5 Å². The Morgan fingerprint density at radius 3 is 2.50 bits per heavy atom. The van der Waals surface area contributed by atoms with Gasteiger partial charge in [-0.05, 0) is 12.1 Å². The average Bonchev–Trinajstić information content (AvgIpc) is 2.47. The van der Waals surface area contributed by atoms with Crippen LogP contribution in [0.5, 0.6) is 11.5 Å². The Labute approximate surface area is 118 Å². The molecule has 0 aliphatic rings. The van der Waals surface area contributed by atoms with Crippen molar-refractivity contribution in [2.75, 3.05) is 38.5 Å². The Hall–Kier alpha value is -2.50. The number of nitrogens with zero attached hydrogens (tertiary/aromatic N) is 3. The minimum absolute atomic E-state index is 0.690. The molecule has 1 aromatic carbocycles. The van der Waals surface area contributed by atoms with Crippen LogP contribution >= 0.6 is 0 Å². The first kappa shape index (κ1) is 13.9. The third-order valence-electron chi connectivity index (χ3n) is 2.78. The second kappa shape index (κ2) is 6.10. The molecule has 0 aliphatic heterocycles. The minimum Gasteiger partial charge on any atom is -0.497 e. The van der Waals surface area contributed by atoms with Crippen LogP contribution in [-0.4, -0.2) is 38.3 Å². The maximum Gasteiger partial charge on any atom is 0.142 e. The summed E-state index contributed by atoms with van der Waals surface area (Å²) in [5.41, 5.74) is 0.787. The summed E-state index contributed by atoms with van der Waals surface area (Å²) in [5.74, 6) is 2.98. The summed E-state index contributed by atoms with van der Waals surface area (Å²) >= 11 is 0. The van der Waals surface area contributed by atoms with Gasteiger partial charge in [-0.15, -0.1) is 0 Å². The van der Waals surface area contributed by atoms with Gasteiger partial charge >= 0.3 is 0 Å². The highest BCUT2D eigenvalue weighted by atomic mass is 16.5. The lowest BCUT2D eigenvalue weighted by molar-refractivity contribution is 0.405. The molecule has 0 saturated heterocycles. The second-order valence-corrected chi connectivity index (χ2v) is 4.35. The van der Waals surface area contributed by atoms with Crippen LogP contribution in [0.25, 0.3) is 0 Å². The monoisotopic (exact) mass is 274 g/mol. The summed E-state index contributed by atoms with van der Waals surface area (Å²) in [7, 11) is 7.11. The molecule has 6 heteroatoms. The first-order valence-corrected chi connectivity index (χ1v) is 6.12. The smallest absolute Gasteiger partial charge is 0.142 e. The van der Waals surface area contributed by atoms with E-state index in [-0.39, 0.29) is 0 Å². The number of benzene rings is 1. The fourth-order valence-electron chi connectivity index (χ4n) is 1.71. The van der Waals surface area contributed by atoms with Crippen LogP contribution < -0.4 is 19.7 Å². The molecule has 1 N–H and O–H groups in total. The van der Waals surface area contributed by atoms with Crippen molar-refractivity contribution in [1.29, 1.82) is 0 Å². The van der Waals surface area contributed by atoms with Crippen LogP contribution in [0.1, 0.15) is 0 Å².